The highest BCUT2D eigenvalue weighted by molar-refractivity contribution is 8.14. The summed E-state index contributed by atoms with van der Waals surface area (Å²) >= 11 is 1.47. The van der Waals surface area contributed by atoms with Gasteiger partial charge < -0.3 is 10.6 Å². The van der Waals surface area contributed by atoms with Gasteiger partial charge in [0.1, 0.15) is 12.8 Å². The Morgan fingerprint density at radius 1 is 1.90 bits per heavy atom. The average molecular weight is 157 g/mol. The fraction of sp³-hybridized carbons (Fsp3) is 0.400. The van der Waals surface area contributed by atoms with Gasteiger partial charge in [-0.25, -0.2) is 4.99 Å². The number of hydrogen-bond acceptors (Lipinski definition) is 5. The van der Waals surface area contributed by atoms with Crippen molar-refractivity contribution in [3.05, 3.63) is 5.70 Å². The molecule has 5 heteroatoms. The summed E-state index contributed by atoms with van der Waals surface area (Å²) in [6.07, 6.45) is 0. The predicted molar refractivity (Wildman–Crippen MR) is 42.0 cm³/mol. The van der Waals surface area contributed by atoms with Crippen molar-refractivity contribution in [2.24, 2.45) is 15.9 Å². The van der Waals surface area contributed by atoms with Crippen LogP contribution in [0.15, 0.2) is 15.8 Å². The highest BCUT2D eigenvalue weighted by atomic mass is 32.2. The maximum absolute atomic E-state index is 5.37. The molecule has 4 nitrogen and oxygen atoms in total. The Kier molecular flexibility index (Phi) is 2.36. The molecule has 54 valence electrons. The Labute approximate surface area is 62.8 Å². The lowest BCUT2D eigenvalue weighted by Crippen LogP contribution is -2.00. The number of amidine groups is 1. The summed E-state index contributed by atoms with van der Waals surface area (Å²) in [6, 6.07) is 0. The summed E-state index contributed by atoms with van der Waals surface area (Å²) in [6.45, 7) is 0. The van der Waals surface area contributed by atoms with Crippen molar-refractivity contribution in [2.45, 2.75) is 0 Å². The molecular weight excluding hydrogens is 150 g/mol. The SMILES string of the molecule is CON=C=C1CSC(N)=N1. The molecule has 10 heavy (non-hydrogen) atoms. The van der Waals surface area contributed by atoms with E-state index in [9.17, 15) is 0 Å². The van der Waals surface area contributed by atoms with Crippen LogP contribution in [-0.2, 0) is 4.84 Å². The second kappa shape index (κ2) is 3.29. The molecule has 0 fully saturated rings. The number of hydrogen-bond donors (Lipinski definition) is 1. The number of nitrogens with two attached hydrogens (primary N) is 1. The summed E-state index contributed by atoms with van der Waals surface area (Å²) in [5, 5.41) is 3.99. The van der Waals surface area contributed by atoms with Crippen LogP contribution in [0.5, 0.6) is 0 Å². The van der Waals surface area contributed by atoms with E-state index in [4.69, 9.17) is 5.73 Å². The van der Waals surface area contributed by atoms with Crippen molar-refractivity contribution in [3.63, 3.8) is 0 Å². The molecule has 0 aliphatic carbocycles. The van der Waals surface area contributed by atoms with E-state index >= 15 is 0 Å². The Bertz CT molecular complexity index is 217. The standard InChI is InChI=1S/C5H7N3OS/c1-9-7-2-4-3-10-5(6)8-4/h3H2,1H3,(H2,6,8). The van der Waals surface area contributed by atoms with Crippen LogP contribution in [0.3, 0.4) is 0 Å². The number of aliphatic imine (C=N–C) groups is 1. The molecule has 0 saturated heterocycles. The third-order valence-electron chi connectivity index (χ3n) is 0.868. The monoisotopic (exact) mass is 157 g/mol. The van der Waals surface area contributed by atoms with Gasteiger partial charge >= 0.3 is 0 Å². The van der Waals surface area contributed by atoms with Gasteiger partial charge in [0.05, 0.1) is 11.6 Å². The van der Waals surface area contributed by atoms with Crippen molar-refractivity contribution in [1.82, 2.24) is 0 Å². The van der Waals surface area contributed by atoms with Crippen LogP contribution in [0.1, 0.15) is 0 Å². The quantitative estimate of drug-likeness (QED) is 0.436. The first-order chi connectivity index (χ1) is 4.83. The zero-order valence-electron chi connectivity index (χ0n) is 5.50. The van der Waals surface area contributed by atoms with Crippen LogP contribution in [0, 0.1) is 0 Å². The largest absolute Gasteiger partial charge is 0.392 e. The van der Waals surface area contributed by atoms with Gasteiger partial charge in [-0.15, -0.1) is 0 Å². The van der Waals surface area contributed by atoms with Crippen LogP contribution in [0.4, 0.5) is 0 Å². The van der Waals surface area contributed by atoms with Crippen molar-refractivity contribution in [1.29, 1.82) is 0 Å². The first-order valence-corrected chi connectivity index (χ1v) is 3.63. The van der Waals surface area contributed by atoms with E-state index in [1.54, 1.807) is 0 Å². The molecule has 0 atom stereocenters. The van der Waals surface area contributed by atoms with Gasteiger partial charge in [-0.3, -0.25) is 0 Å². The second-order valence-corrected chi connectivity index (χ2v) is 2.57. The molecule has 0 radical (unpaired) electrons. The molecule has 0 aromatic carbocycles. The molecule has 0 unspecified atom stereocenters. The molecular formula is C5H7N3OS. The Hall–Kier alpha value is -0.930. The molecule has 0 spiro atoms. The fourth-order valence-corrected chi connectivity index (χ4v) is 1.08. The lowest BCUT2D eigenvalue weighted by atomic mass is 10.6. The third-order valence-corrected chi connectivity index (χ3v) is 1.67. The molecule has 0 aromatic heterocycles. The Morgan fingerprint density at radius 3 is 3.20 bits per heavy atom. The highest BCUT2D eigenvalue weighted by Crippen LogP contribution is 2.14. The zero-order valence-corrected chi connectivity index (χ0v) is 6.31. The van der Waals surface area contributed by atoms with E-state index < -0.39 is 0 Å². The summed E-state index contributed by atoms with van der Waals surface area (Å²) in [5.41, 5.74) is 6.09. The van der Waals surface area contributed by atoms with Gasteiger partial charge in [-0.2, -0.15) is 0 Å². The molecule has 1 aliphatic heterocycles. The molecule has 0 bridgehead atoms. The summed E-state index contributed by atoms with van der Waals surface area (Å²) < 4.78 is 0. The number of nitrogens with zero attached hydrogens (tertiary/aromatic N) is 2. The number of rotatable bonds is 1. The van der Waals surface area contributed by atoms with E-state index in [0.29, 0.717) is 5.17 Å². The van der Waals surface area contributed by atoms with E-state index in [1.807, 2.05) is 0 Å². The van der Waals surface area contributed by atoms with Crippen LogP contribution < -0.4 is 5.73 Å². The Balaban J connectivity index is 2.68. The highest BCUT2D eigenvalue weighted by Gasteiger charge is 2.07. The van der Waals surface area contributed by atoms with Crippen LogP contribution in [0.2, 0.25) is 0 Å². The summed E-state index contributed by atoms with van der Waals surface area (Å²) in [7, 11) is 1.46. The Morgan fingerprint density at radius 2 is 2.70 bits per heavy atom. The van der Waals surface area contributed by atoms with Crippen LogP contribution in [0.25, 0.3) is 0 Å². The van der Waals surface area contributed by atoms with Gasteiger partial charge in [0, 0.05) is 0 Å². The predicted octanol–water partition coefficient (Wildman–Crippen LogP) is 0.163. The van der Waals surface area contributed by atoms with Gasteiger partial charge in [-0.1, -0.05) is 11.8 Å². The van der Waals surface area contributed by atoms with Crippen molar-refractivity contribution < 1.29 is 4.84 Å². The topological polar surface area (TPSA) is 60.0 Å². The van der Waals surface area contributed by atoms with Crippen molar-refractivity contribution in [3.8, 4) is 0 Å². The first kappa shape index (κ1) is 7.18. The maximum Gasteiger partial charge on any atom is 0.159 e. The van der Waals surface area contributed by atoms with Crippen LogP contribution in [-0.4, -0.2) is 23.9 Å². The minimum absolute atomic E-state index is 0.564. The number of thioether (sulfide) groups is 1. The molecule has 1 heterocycles. The molecule has 0 aromatic rings. The average Bonchev–Trinajstić information content (AvgIpc) is 2.31. The maximum atomic E-state index is 5.37. The third kappa shape index (κ3) is 1.79. The van der Waals surface area contributed by atoms with Gasteiger partial charge in [0.15, 0.2) is 5.17 Å². The van der Waals surface area contributed by atoms with E-state index in [2.05, 4.69) is 20.9 Å². The normalized spacial score (nSPS) is 16.1. The summed E-state index contributed by atoms with van der Waals surface area (Å²) in [4.78, 5) is 8.33. The van der Waals surface area contributed by atoms with Crippen LogP contribution >= 0.6 is 11.8 Å². The molecule has 0 saturated carbocycles. The summed E-state index contributed by atoms with van der Waals surface area (Å²) in [5.74, 6) is 3.33. The molecule has 1 rings (SSSR count). The van der Waals surface area contributed by atoms with E-state index in [0.717, 1.165) is 11.4 Å². The molecule has 0 amide bonds. The van der Waals surface area contributed by atoms with Crippen molar-refractivity contribution in [2.75, 3.05) is 12.9 Å². The first-order valence-electron chi connectivity index (χ1n) is 2.65. The lowest BCUT2D eigenvalue weighted by Gasteiger charge is -1.79. The zero-order chi connectivity index (χ0) is 7.40. The lowest BCUT2D eigenvalue weighted by molar-refractivity contribution is 0.216. The molecule has 2 N–H and O–H groups in total. The van der Waals surface area contributed by atoms with Gasteiger partial charge in [-0.05, 0) is 5.16 Å². The van der Waals surface area contributed by atoms with Gasteiger partial charge in [0.2, 0.25) is 0 Å². The minimum Gasteiger partial charge on any atom is -0.392 e. The van der Waals surface area contributed by atoms with Crippen molar-refractivity contribution >= 4 is 22.8 Å². The fourth-order valence-electron chi connectivity index (χ4n) is 0.495. The van der Waals surface area contributed by atoms with Gasteiger partial charge in [0.25, 0.3) is 0 Å². The minimum atomic E-state index is 0.564. The van der Waals surface area contributed by atoms with E-state index in [1.165, 1.54) is 18.9 Å². The smallest absolute Gasteiger partial charge is 0.159 e. The molecule has 1 aliphatic rings. The van der Waals surface area contributed by atoms with E-state index in [-0.39, 0.29) is 0 Å². The second-order valence-electron chi connectivity index (χ2n) is 1.57.